The van der Waals surface area contributed by atoms with Crippen molar-refractivity contribution in [1.82, 2.24) is 5.32 Å². The molecule has 3 nitrogen and oxygen atoms in total. The van der Waals surface area contributed by atoms with Gasteiger partial charge in [0, 0.05) is 24.6 Å². The minimum absolute atomic E-state index is 0.0776. The summed E-state index contributed by atoms with van der Waals surface area (Å²) in [6.45, 7) is 5.66. The Bertz CT molecular complexity index is 275. The van der Waals surface area contributed by atoms with Gasteiger partial charge in [-0.15, -0.1) is 11.3 Å². The number of aliphatic hydroxyl groups is 1. The summed E-state index contributed by atoms with van der Waals surface area (Å²) in [6.07, 6.45) is -0.433. The summed E-state index contributed by atoms with van der Waals surface area (Å²) in [6, 6.07) is 4.02. The van der Waals surface area contributed by atoms with E-state index in [9.17, 15) is 5.11 Å². The number of hydrogen-bond donors (Lipinski definition) is 2. The van der Waals surface area contributed by atoms with Crippen LogP contribution in [-0.2, 0) is 4.74 Å². The summed E-state index contributed by atoms with van der Waals surface area (Å²) in [4.78, 5) is 1.02. The van der Waals surface area contributed by atoms with E-state index < -0.39 is 6.10 Å². The van der Waals surface area contributed by atoms with Crippen molar-refractivity contribution in [2.24, 2.45) is 5.92 Å². The summed E-state index contributed by atoms with van der Waals surface area (Å²) in [5.41, 5.74) is 0. The van der Waals surface area contributed by atoms with Gasteiger partial charge in [-0.3, -0.25) is 0 Å². The molecule has 0 aliphatic rings. The SMILES string of the molecule is COCCNC(C(C)C)C(O)c1cccs1. The van der Waals surface area contributed by atoms with Gasteiger partial charge in [0.25, 0.3) is 0 Å². The zero-order valence-electron chi connectivity index (χ0n) is 10.1. The Morgan fingerprint density at radius 3 is 2.75 bits per heavy atom. The first-order valence-corrected chi connectivity index (χ1v) is 6.48. The second-order valence-corrected chi connectivity index (χ2v) is 5.16. The summed E-state index contributed by atoms with van der Waals surface area (Å²) in [5.74, 6) is 0.383. The van der Waals surface area contributed by atoms with Crippen molar-refractivity contribution in [3.8, 4) is 0 Å². The van der Waals surface area contributed by atoms with Crippen LogP contribution in [0.4, 0.5) is 0 Å². The molecule has 4 heteroatoms. The highest BCUT2D eigenvalue weighted by Gasteiger charge is 2.23. The zero-order valence-corrected chi connectivity index (χ0v) is 11.0. The van der Waals surface area contributed by atoms with Crippen molar-refractivity contribution in [2.45, 2.75) is 26.0 Å². The molecule has 2 atom stereocenters. The molecule has 2 unspecified atom stereocenters. The molecule has 2 N–H and O–H groups in total. The van der Waals surface area contributed by atoms with Crippen LogP contribution in [-0.4, -0.2) is 31.4 Å². The smallest absolute Gasteiger partial charge is 0.104 e. The molecular formula is C12H21NO2S. The molecule has 1 aromatic rings. The molecule has 0 saturated heterocycles. The van der Waals surface area contributed by atoms with Gasteiger partial charge in [-0.2, -0.15) is 0 Å². The number of methoxy groups -OCH3 is 1. The van der Waals surface area contributed by atoms with Crippen LogP contribution in [0, 0.1) is 5.92 Å². The van der Waals surface area contributed by atoms with Crippen LogP contribution in [0.1, 0.15) is 24.8 Å². The van der Waals surface area contributed by atoms with E-state index in [0.717, 1.165) is 11.4 Å². The van der Waals surface area contributed by atoms with E-state index in [0.29, 0.717) is 12.5 Å². The molecule has 1 heterocycles. The number of aliphatic hydroxyl groups excluding tert-OH is 1. The quantitative estimate of drug-likeness (QED) is 0.720. The maximum Gasteiger partial charge on any atom is 0.104 e. The molecule has 0 bridgehead atoms. The first-order chi connectivity index (χ1) is 7.66. The normalized spacial score (nSPS) is 15.3. The third-order valence-electron chi connectivity index (χ3n) is 2.58. The molecule has 0 aliphatic heterocycles. The minimum Gasteiger partial charge on any atom is -0.386 e. The molecule has 0 spiro atoms. The highest BCUT2D eigenvalue weighted by Crippen LogP contribution is 2.25. The maximum atomic E-state index is 10.2. The van der Waals surface area contributed by atoms with Gasteiger partial charge in [-0.05, 0) is 17.4 Å². The molecule has 0 amide bonds. The van der Waals surface area contributed by atoms with Crippen LogP contribution in [0.5, 0.6) is 0 Å². The lowest BCUT2D eigenvalue weighted by molar-refractivity contribution is 0.101. The molecule has 0 fully saturated rings. The fraction of sp³-hybridized carbons (Fsp3) is 0.667. The zero-order chi connectivity index (χ0) is 12.0. The molecule has 0 radical (unpaired) electrons. The second-order valence-electron chi connectivity index (χ2n) is 4.18. The minimum atomic E-state index is -0.433. The fourth-order valence-corrected chi connectivity index (χ4v) is 2.43. The Morgan fingerprint density at radius 2 is 2.25 bits per heavy atom. The number of hydrogen-bond acceptors (Lipinski definition) is 4. The number of ether oxygens (including phenoxy) is 1. The summed E-state index contributed by atoms with van der Waals surface area (Å²) in [7, 11) is 1.68. The third-order valence-corrected chi connectivity index (χ3v) is 3.52. The van der Waals surface area contributed by atoms with E-state index in [1.54, 1.807) is 18.4 Å². The molecule has 0 aromatic carbocycles. The van der Waals surface area contributed by atoms with E-state index >= 15 is 0 Å². The van der Waals surface area contributed by atoms with Crippen molar-refractivity contribution in [2.75, 3.05) is 20.3 Å². The Balaban J connectivity index is 2.55. The molecule has 92 valence electrons. The van der Waals surface area contributed by atoms with Gasteiger partial charge in [0.05, 0.1) is 6.61 Å². The third kappa shape index (κ3) is 3.87. The largest absolute Gasteiger partial charge is 0.386 e. The molecule has 0 saturated carbocycles. The van der Waals surface area contributed by atoms with Crippen molar-refractivity contribution in [3.63, 3.8) is 0 Å². The Labute approximate surface area is 101 Å². The first-order valence-electron chi connectivity index (χ1n) is 5.60. The predicted octanol–water partition coefficient (Wildman–Crippen LogP) is 2.04. The highest BCUT2D eigenvalue weighted by molar-refractivity contribution is 7.10. The van der Waals surface area contributed by atoms with Crippen molar-refractivity contribution < 1.29 is 9.84 Å². The molecule has 1 aromatic heterocycles. The van der Waals surface area contributed by atoms with Crippen LogP contribution in [0.3, 0.4) is 0 Å². The van der Waals surface area contributed by atoms with Crippen molar-refractivity contribution in [1.29, 1.82) is 0 Å². The van der Waals surface area contributed by atoms with E-state index in [2.05, 4.69) is 19.2 Å². The monoisotopic (exact) mass is 243 g/mol. The van der Waals surface area contributed by atoms with E-state index in [1.165, 1.54) is 0 Å². The van der Waals surface area contributed by atoms with Crippen LogP contribution in [0.2, 0.25) is 0 Å². The molecular weight excluding hydrogens is 222 g/mol. The van der Waals surface area contributed by atoms with Gasteiger partial charge in [0.1, 0.15) is 6.10 Å². The highest BCUT2D eigenvalue weighted by atomic mass is 32.1. The van der Waals surface area contributed by atoms with E-state index in [4.69, 9.17) is 4.74 Å². The van der Waals surface area contributed by atoms with Gasteiger partial charge in [-0.1, -0.05) is 19.9 Å². The van der Waals surface area contributed by atoms with Crippen LogP contribution < -0.4 is 5.32 Å². The van der Waals surface area contributed by atoms with Crippen molar-refractivity contribution >= 4 is 11.3 Å². The first kappa shape index (κ1) is 13.6. The lowest BCUT2D eigenvalue weighted by Gasteiger charge is -2.27. The summed E-state index contributed by atoms with van der Waals surface area (Å²) < 4.78 is 5.00. The predicted molar refractivity (Wildman–Crippen MR) is 67.8 cm³/mol. The Hall–Kier alpha value is -0.420. The summed E-state index contributed by atoms with van der Waals surface area (Å²) in [5, 5.41) is 15.6. The van der Waals surface area contributed by atoms with Gasteiger partial charge < -0.3 is 15.2 Å². The Kier molecular flexibility index (Phi) is 5.98. The standard InChI is InChI=1S/C12H21NO2S/c1-9(2)11(13-6-7-15-3)12(14)10-5-4-8-16-10/h4-5,8-9,11-14H,6-7H2,1-3H3. The van der Waals surface area contributed by atoms with Gasteiger partial charge in [0.2, 0.25) is 0 Å². The van der Waals surface area contributed by atoms with Crippen LogP contribution in [0.25, 0.3) is 0 Å². The average molecular weight is 243 g/mol. The number of nitrogens with one attached hydrogen (secondary N) is 1. The fourth-order valence-electron chi connectivity index (χ4n) is 1.68. The summed E-state index contributed by atoms with van der Waals surface area (Å²) >= 11 is 1.59. The molecule has 0 aliphatic carbocycles. The lowest BCUT2D eigenvalue weighted by Crippen LogP contribution is -2.40. The molecule has 16 heavy (non-hydrogen) atoms. The Morgan fingerprint density at radius 1 is 1.50 bits per heavy atom. The average Bonchev–Trinajstić information content (AvgIpc) is 2.76. The topological polar surface area (TPSA) is 41.5 Å². The van der Waals surface area contributed by atoms with Crippen LogP contribution >= 0.6 is 11.3 Å². The maximum absolute atomic E-state index is 10.2. The van der Waals surface area contributed by atoms with Gasteiger partial charge >= 0.3 is 0 Å². The molecule has 1 rings (SSSR count). The van der Waals surface area contributed by atoms with Gasteiger partial charge in [-0.25, -0.2) is 0 Å². The number of rotatable bonds is 7. The van der Waals surface area contributed by atoms with E-state index in [-0.39, 0.29) is 6.04 Å². The number of thiophene rings is 1. The lowest BCUT2D eigenvalue weighted by atomic mass is 9.97. The van der Waals surface area contributed by atoms with Crippen LogP contribution in [0.15, 0.2) is 17.5 Å². The second kappa shape index (κ2) is 7.01. The van der Waals surface area contributed by atoms with E-state index in [1.807, 2.05) is 17.5 Å². The van der Waals surface area contributed by atoms with Crippen molar-refractivity contribution in [3.05, 3.63) is 22.4 Å². The van der Waals surface area contributed by atoms with Gasteiger partial charge in [0.15, 0.2) is 0 Å².